The molecule has 324 valence electrons. The molecule has 3 aromatic carbocycles. The fourth-order valence-electron chi connectivity index (χ4n) is 10.4. The lowest BCUT2D eigenvalue weighted by Gasteiger charge is -2.47. The lowest BCUT2D eigenvalue weighted by molar-refractivity contribution is -0.144. The first-order valence-electron chi connectivity index (χ1n) is 22.4. The normalized spacial score (nSPS) is 22.0. The van der Waals surface area contributed by atoms with Gasteiger partial charge in [0, 0.05) is 52.7 Å². The number of nitrogens with zero attached hydrogens (tertiary/aromatic N) is 3. The number of benzene rings is 3. The molecule has 1 spiro atoms. The van der Waals surface area contributed by atoms with Crippen molar-refractivity contribution in [2.75, 3.05) is 25.1 Å². The molecule has 11 heteroatoms. The first-order chi connectivity index (χ1) is 30.1. The fourth-order valence-corrected chi connectivity index (χ4v) is 10.6. The molecule has 0 saturated heterocycles. The largest absolute Gasteiger partial charge is 0.494 e. The zero-order valence-electron chi connectivity index (χ0n) is 35.9. The number of unbranched alkanes of at least 4 members (excludes halogenated alkanes) is 1. The van der Waals surface area contributed by atoms with Gasteiger partial charge >= 0.3 is 5.97 Å². The molecule has 1 unspecified atom stereocenters. The number of amides is 1. The molecule has 1 fully saturated rings. The van der Waals surface area contributed by atoms with Crippen LogP contribution in [0.4, 0.5) is 5.69 Å². The van der Waals surface area contributed by atoms with Gasteiger partial charge in [0.15, 0.2) is 0 Å². The van der Waals surface area contributed by atoms with Gasteiger partial charge in [-0.2, -0.15) is 0 Å². The molecule has 3 aliphatic carbocycles. The Morgan fingerprint density at radius 1 is 0.952 bits per heavy atom. The molecule has 1 saturated carbocycles. The van der Waals surface area contributed by atoms with Crippen molar-refractivity contribution in [3.05, 3.63) is 131 Å². The Morgan fingerprint density at radius 2 is 1.77 bits per heavy atom. The van der Waals surface area contributed by atoms with Crippen LogP contribution in [-0.4, -0.2) is 57.2 Å². The molecule has 10 nitrogen and oxygen atoms in total. The summed E-state index contributed by atoms with van der Waals surface area (Å²) in [6, 6.07) is 23.8. The van der Waals surface area contributed by atoms with Crippen molar-refractivity contribution >= 4 is 29.2 Å². The van der Waals surface area contributed by atoms with Crippen LogP contribution in [0.25, 0.3) is 11.1 Å². The number of carboxylic acid groups (broad SMARTS) is 1. The lowest BCUT2D eigenvalue weighted by Crippen LogP contribution is -2.53. The predicted molar refractivity (Wildman–Crippen MR) is 243 cm³/mol. The summed E-state index contributed by atoms with van der Waals surface area (Å²) in [4.78, 5) is 38.8. The van der Waals surface area contributed by atoms with E-state index in [2.05, 4.69) is 57.6 Å². The van der Waals surface area contributed by atoms with Crippen LogP contribution in [0.15, 0.2) is 97.7 Å². The highest BCUT2D eigenvalue weighted by molar-refractivity contribution is 6.30. The van der Waals surface area contributed by atoms with Crippen molar-refractivity contribution in [2.24, 2.45) is 11.8 Å². The minimum atomic E-state index is -1.10. The van der Waals surface area contributed by atoms with E-state index in [0.29, 0.717) is 55.9 Å². The zero-order chi connectivity index (χ0) is 43.1. The maximum Gasteiger partial charge on any atom is 0.329 e. The van der Waals surface area contributed by atoms with Gasteiger partial charge in [0.1, 0.15) is 23.4 Å². The molecule has 1 amide bonds. The summed E-state index contributed by atoms with van der Waals surface area (Å²) >= 11 is 6.32. The van der Waals surface area contributed by atoms with Gasteiger partial charge in [0.25, 0.3) is 0 Å². The number of aromatic nitrogens is 3. The molecule has 2 heterocycles. The van der Waals surface area contributed by atoms with Crippen LogP contribution in [0.5, 0.6) is 11.5 Å². The molecular formula is C51H58ClN5O5. The van der Waals surface area contributed by atoms with Crippen molar-refractivity contribution in [3.8, 4) is 22.6 Å². The standard InChI is InChI=1S/C51H58ClN5O5/c1-34(32-62-46-16-22-55-45-13-5-8-35(2)48(45)46)24-40-27-38-14-15-43(29-44(38)50(40)17-19-51(20-18-50,49(59)60)57-42-12-7-11-41(52)28-42)61-23-4-3-21-56-47(58)26-36-9-6-10-37(25-36)39-30-53-33-54-31-39/h6-7,9-12,14-16,22,25,28-31,33-35,40,57H,3-5,8,13,17-21,23-24,26-27,32H2,1-2H3,(H,56,58)(H,59,60)/t34-,35-,40?,50?,51?/m1/s1. The number of fused-ring (bicyclic) bond motifs is 3. The summed E-state index contributed by atoms with van der Waals surface area (Å²) in [5, 5.41) is 17.8. The summed E-state index contributed by atoms with van der Waals surface area (Å²) in [5.74, 6) is 2.01. The van der Waals surface area contributed by atoms with E-state index in [1.54, 1.807) is 24.5 Å². The predicted octanol–water partition coefficient (Wildman–Crippen LogP) is 10.2. The van der Waals surface area contributed by atoms with Crippen molar-refractivity contribution in [1.82, 2.24) is 20.3 Å². The molecule has 62 heavy (non-hydrogen) atoms. The van der Waals surface area contributed by atoms with Gasteiger partial charge in [-0.05, 0) is 152 Å². The maximum atomic E-state index is 13.1. The van der Waals surface area contributed by atoms with E-state index in [9.17, 15) is 14.7 Å². The highest BCUT2D eigenvalue weighted by atomic mass is 35.5. The summed E-state index contributed by atoms with van der Waals surface area (Å²) in [6.07, 6.45) is 16.5. The SMILES string of the molecule is C[C@@H](COc1ccnc2c1[C@H](C)CCC2)CC1Cc2ccc(OCCCCNC(=O)Cc3cccc(-c4cncnc4)c3)cc2C12CCC(Nc1cccc(Cl)c1)(C(=O)O)CC2. The van der Waals surface area contributed by atoms with E-state index in [1.165, 1.54) is 35.1 Å². The van der Waals surface area contributed by atoms with Crippen LogP contribution in [0.1, 0.15) is 106 Å². The minimum absolute atomic E-state index is 0.0141. The summed E-state index contributed by atoms with van der Waals surface area (Å²) < 4.78 is 13.0. The van der Waals surface area contributed by atoms with Crippen LogP contribution < -0.4 is 20.1 Å². The molecule has 0 radical (unpaired) electrons. The van der Waals surface area contributed by atoms with Gasteiger partial charge in [-0.15, -0.1) is 0 Å². The number of ether oxygens (including phenoxy) is 2. The van der Waals surface area contributed by atoms with E-state index in [0.717, 1.165) is 85.2 Å². The lowest BCUT2D eigenvalue weighted by atomic mass is 9.59. The van der Waals surface area contributed by atoms with Crippen LogP contribution in [0.2, 0.25) is 5.02 Å². The van der Waals surface area contributed by atoms with Crippen LogP contribution >= 0.6 is 11.6 Å². The molecular weight excluding hydrogens is 798 g/mol. The minimum Gasteiger partial charge on any atom is -0.494 e. The number of pyridine rings is 1. The number of hydrogen-bond acceptors (Lipinski definition) is 8. The number of rotatable bonds is 17. The maximum absolute atomic E-state index is 13.1. The third-order valence-corrected chi connectivity index (χ3v) is 13.8. The number of carboxylic acids is 1. The summed E-state index contributed by atoms with van der Waals surface area (Å²) in [7, 11) is 0. The monoisotopic (exact) mass is 855 g/mol. The first kappa shape index (κ1) is 43.2. The summed E-state index contributed by atoms with van der Waals surface area (Å²) in [6.45, 7) is 6.29. The topological polar surface area (TPSA) is 136 Å². The Kier molecular flexibility index (Phi) is 13.4. The number of nitrogens with one attached hydrogen (secondary N) is 2. The Labute approximate surface area is 370 Å². The van der Waals surface area contributed by atoms with Gasteiger partial charge < -0.3 is 25.2 Å². The number of carbonyl (C=O) groups is 2. The van der Waals surface area contributed by atoms with Crippen LogP contribution in [0.3, 0.4) is 0 Å². The van der Waals surface area contributed by atoms with Crippen molar-refractivity contribution in [1.29, 1.82) is 0 Å². The highest BCUT2D eigenvalue weighted by Gasteiger charge is 2.54. The Bertz CT molecular complexity index is 2350. The molecule has 3 N–H and O–H groups in total. The van der Waals surface area contributed by atoms with Gasteiger partial charge in [-0.25, -0.2) is 14.8 Å². The van der Waals surface area contributed by atoms with Gasteiger partial charge in [0.2, 0.25) is 5.91 Å². The quantitative estimate of drug-likeness (QED) is 0.0781. The van der Waals surface area contributed by atoms with E-state index in [1.807, 2.05) is 48.7 Å². The van der Waals surface area contributed by atoms with Gasteiger partial charge in [-0.3, -0.25) is 9.78 Å². The smallest absolute Gasteiger partial charge is 0.329 e. The van der Waals surface area contributed by atoms with Crippen LogP contribution in [0, 0.1) is 11.8 Å². The van der Waals surface area contributed by atoms with E-state index in [-0.39, 0.29) is 17.2 Å². The molecule has 2 aromatic heterocycles. The Morgan fingerprint density at radius 3 is 2.58 bits per heavy atom. The molecule has 3 atom stereocenters. The second kappa shape index (κ2) is 19.3. The highest BCUT2D eigenvalue weighted by Crippen LogP contribution is 2.57. The second-order valence-corrected chi connectivity index (χ2v) is 18.4. The number of carbonyl (C=O) groups excluding carboxylic acids is 1. The van der Waals surface area contributed by atoms with Crippen molar-refractivity contribution in [2.45, 2.75) is 108 Å². The van der Waals surface area contributed by atoms with E-state index in [4.69, 9.17) is 21.1 Å². The van der Waals surface area contributed by atoms with E-state index >= 15 is 0 Å². The Hall–Kier alpha value is -5.48. The number of aryl methyl sites for hydroxylation is 1. The molecule has 8 rings (SSSR count). The van der Waals surface area contributed by atoms with Crippen molar-refractivity contribution < 1.29 is 24.2 Å². The molecule has 5 aromatic rings. The molecule has 0 bridgehead atoms. The average Bonchev–Trinajstić information content (AvgIpc) is 3.56. The number of hydrogen-bond donors (Lipinski definition) is 3. The summed E-state index contributed by atoms with van der Waals surface area (Å²) in [5.41, 5.74) is 7.33. The zero-order valence-corrected chi connectivity index (χ0v) is 36.6. The third-order valence-electron chi connectivity index (χ3n) is 13.6. The first-order valence-corrected chi connectivity index (χ1v) is 22.7. The van der Waals surface area contributed by atoms with Crippen molar-refractivity contribution in [3.63, 3.8) is 0 Å². The van der Waals surface area contributed by atoms with Gasteiger partial charge in [-0.1, -0.05) is 61.8 Å². The van der Waals surface area contributed by atoms with Gasteiger partial charge in [0.05, 0.1) is 19.6 Å². The van der Waals surface area contributed by atoms with Crippen LogP contribution in [-0.2, 0) is 34.3 Å². The number of anilines is 1. The molecule has 0 aliphatic heterocycles. The third kappa shape index (κ3) is 9.76. The molecule has 3 aliphatic rings. The second-order valence-electron chi connectivity index (χ2n) is 17.9. The number of halogens is 1. The van der Waals surface area contributed by atoms with E-state index < -0.39 is 11.5 Å². The Balaban J connectivity index is 0.907. The fraction of sp³-hybridized carbons (Fsp3) is 0.431. The average molecular weight is 857 g/mol. The number of aliphatic carboxylic acids is 1.